The number of nitrogens with zero attached hydrogens (tertiary/aromatic N) is 2. The summed E-state index contributed by atoms with van der Waals surface area (Å²) in [4.78, 5) is 28.6. The highest BCUT2D eigenvalue weighted by Gasteiger charge is 2.47. The third kappa shape index (κ3) is 5.46. The number of anilines is 2. The van der Waals surface area contributed by atoms with Gasteiger partial charge in [0.2, 0.25) is 11.8 Å². The molecular formula is C19H30N4O2. The average molecular weight is 346 g/mol. The fourth-order valence-electron chi connectivity index (χ4n) is 2.89. The fraction of sp³-hybridized carbons (Fsp3) is 0.579. The highest BCUT2D eigenvalue weighted by atomic mass is 16.2. The van der Waals surface area contributed by atoms with E-state index in [2.05, 4.69) is 29.4 Å². The molecule has 1 aromatic rings. The molecule has 0 aliphatic heterocycles. The molecule has 2 amide bonds. The Labute approximate surface area is 150 Å². The van der Waals surface area contributed by atoms with Crippen LogP contribution < -0.4 is 15.5 Å². The lowest BCUT2D eigenvalue weighted by molar-refractivity contribution is -0.125. The maximum Gasteiger partial charge on any atom is 0.228 e. The van der Waals surface area contributed by atoms with Gasteiger partial charge < -0.3 is 20.4 Å². The zero-order valence-electron chi connectivity index (χ0n) is 15.7. The lowest BCUT2D eigenvalue weighted by atomic mass is 10.2. The molecule has 1 aromatic carbocycles. The summed E-state index contributed by atoms with van der Waals surface area (Å²) in [6.45, 7) is 7.56. The molecule has 0 spiro atoms. The lowest BCUT2D eigenvalue weighted by Crippen LogP contribution is -2.33. The van der Waals surface area contributed by atoms with Crippen LogP contribution in [0.4, 0.5) is 11.4 Å². The van der Waals surface area contributed by atoms with E-state index in [4.69, 9.17) is 0 Å². The van der Waals surface area contributed by atoms with Crippen LogP contribution in [0.1, 0.15) is 20.3 Å². The van der Waals surface area contributed by atoms with Crippen molar-refractivity contribution in [3.63, 3.8) is 0 Å². The molecule has 0 aromatic heterocycles. The summed E-state index contributed by atoms with van der Waals surface area (Å²) in [6.07, 6.45) is 0.636. The molecule has 0 saturated heterocycles. The third-order valence-electron chi connectivity index (χ3n) is 4.59. The number of rotatable bonds is 9. The maximum atomic E-state index is 12.3. The van der Waals surface area contributed by atoms with Crippen molar-refractivity contribution in [2.45, 2.75) is 20.3 Å². The van der Waals surface area contributed by atoms with E-state index in [1.165, 1.54) is 0 Å². The van der Waals surface area contributed by atoms with Crippen LogP contribution in [0.3, 0.4) is 0 Å². The Kier molecular flexibility index (Phi) is 6.82. The Hall–Kier alpha value is -2.08. The Balaban J connectivity index is 1.80. The number of hydrogen-bond donors (Lipinski definition) is 2. The normalized spacial score (nSPS) is 18.8. The van der Waals surface area contributed by atoms with Gasteiger partial charge in [-0.25, -0.2) is 0 Å². The second-order valence-electron chi connectivity index (χ2n) is 6.75. The van der Waals surface area contributed by atoms with Crippen LogP contribution in [0, 0.1) is 11.8 Å². The Morgan fingerprint density at radius 2 is 1.64 bits per heavy atom. The van der Waals surface area contributed by atoms with E-state index in [1.807, 2.05) is 43.3 Å². The highest BCUT2D eigenvalue weighted by Crippen LogP contribution is 2.39. The minimum absolute atomic E-state index is 0.0149. The standard InChI is InChI=1S/C19H30N4O2/c1-5-23(6-2)15-9-7-14(8-10-15)21-19(25)17-13-16(17)18(24)20-11-12-22(3)4/h7-10,16-17H,5-6,11-13H2,1-4H3,(H,20,24)(H,21,25). The van der Waals surface area contributed by atoms with Gasteiger partial charge >= 0.3 is 0 Å². The Morgan fingerprint density at radius 3 is 2.20 bits per heavy atom. The van der Waals surface area contributed by atoms with Crippen LogP contribution in [0.25, 0.3) is 0 Å². The molecule has 2 unspecified atom stereocenters. The van der Waals surface area contributed by atoms with E-state index in [9.17, 15) is 9.59 Å². The van der Waals surface area contributed by atoms with Crippen molar-refractivity contribution in [3.8, 4) is 0 Å². The van der Waals surface area contributed by atoms with E-state index >= 15 is 0 Å². The second-order valence-corrected chi connectivity index (χ2v) is 6.75. The number of carbonyl (C=O) groups is 2. The average Bonchev–Trinajstić information content (AvgIpc) is 3.38. The third-order valence-corrected chi connectivity index (χ3v) is 4.59. The van der Waals surface area contributed by atoms with Crippen molar-refractivity contribution < 1.29 is 9.59 Å². The van der Waals surface area contributed by atoms with Gasteiger partial charge in [0.25, 0.3) is 0 Å². The van der Waals surface area contributed by atoms with Gasteiger partial charge in [-0.1, -0.05) is 0 Å². The van der Waals surface area contributed by atoms with Crippen LogP contribution in [0.2, 0.25) is 0 Å². The summed E-state index contributed by atoms with van der Waals surface area (Å²) in [5.41, 5.74) is 1.92. The summed E-state index contributed by atoms with van der Waals surface area (Å²) in [6, 6.07) is 7.86. The zero-order valence-corrected chi connectivity index (χ0v) is 15.7. The molecule has 0 heterocycles. The Morgan fingerprint density at radius 1 is 1.04 bits per heavy atom. The first kappa shape index (κ1) is 19.2. The van der Waals surface area contributed by atoms with Gasteiger partial charge in [-0.05, 0) is 58.6 Å². The highest BCUT2D eigenvalue weighted by molar-refractivity contribution is 5.99. The van der Waals surface area contributed by atoms with Gasteiger partial charge in [-0.2, -0.15) is 0 Å². The second kappa shape index (κ2) is 8.85. The maximum absolute atomic E-state index is 12.3. The van der Waals surface area contributed by atoms with E-state index in [1.54, 1.807) is 0 Å². The molecule has 6 nitrogen and oxygen atoms in total. The minimum atomic E-state index is -0.207. The molecule has 1 fully saturated rings. The molecule has 1 aliphatic carbocycles. The lowest BCUT2D eigenvalue weighted by Gasteiger charge is -2.21. The smallest absolute Gasteiger partial charge is 0.228 e. The molecule has 2 rings (SSSR count). The first-order valence-corrected chi connectivity index (χ1v) is 9.04. The van der Waals surface area contributed by atoms with Crippen molar-refractivity contribution in [2.75, 3.05) is 50.5 Å². The topological polar surface area (TPSA) is 64.7 Å². The molecule has 25 heavy (non-hydrogen) atoms. The molecule has 0 bridgehead atoms. The minimum Gasteiger partial charge on any atom is -0.372 e. The number of likely N-dealkylation sites (N-methyl/N-ethyl adjacent to an activating group) is 1. The number of nitrogens with one attached hydrogen (secondary N) is 2. The predicted octanol–water partition coefficient (Wildman–Crippen LogP) is 1.79. The van der Waals surface area contributed by atoms with Gasteiger partial charge in [-0.3, -0.25) is 9.59 Å². The number of carbonyl (C=O) groups excluding carboxylic acids is 2. The van der Waals surface area contributed by atoms with Crippen molar-refractivity contribution in [2.24, 2.45) is 11.8 Å². The van der Waals surface area contributed by atoms with E-state index < -0.39 is 0 Å². The van der Waals surface area contributed by atoms with Crippen LogP contribution in [-0.2, 0) is 9.59 Å². The molecule has 6 heteroatoms. The van der Waals surface area contributed by atoms with Gasteiger partial charge in [0, 0.05) is 37.6 Å². The van der Waals surface area contributed by atoms with Gasteiger partial charge in [-0.15, -0.1) is 0 Å². The monoisotopic (exact) mass is 346 g/mol. The van der Waals surface area contributed by atoms with E-state index in [0.29, 0.717) is 13.0 Å². The first-order chi connectivity index (χ1) is 12.0. The van der Waals surface area contributed by atoms with Crippen molar-refractivity contribution in [1.29, 1.82) is 0 Å². The first-order valence-electron chi connectivity index (χ1n) is 9.04. The zero-order chi connectivity index (χ0) is 18.4. The molecule has 1 saturated carbocycles. The van der Waals surface area contributed by atoms with Gasteiger partial charge in [0.05, 0.1) is 11.8 Å². The molecule has 138 valence electrons. The number of hydrogen-bond acceptors (Lipinski definition) is 4. The molecule has 1 aliphatic rings. The quantitative estimate of drug-likeness (QED) is 0.715. The summed E-state index contributed by atoms with van der Waals surface area (Å²) in [5, 5.41) is 5.81. The van der Waals surface area contributed by atoms with Crippen molar-refractivity contribution in [1.82, 2.24) is 10.2 Å². The fourth-order valence-corrected chi connectivity index (χ4v) is 2.89. The van der Waals surface area contributed by atoms with Crippen LogP contribution in [-0.4, -0.2) is 57.0 Å². The predicted molar refractivity (Wildman–Crippen MR) is 102 cm³/mol. The summed E-state index contributed by atoms with van der Waals surface area (Å²) in [5.74, 6) is -0.471. The SMILES string of the molecule is CCN(CC)c1ccc(NC(=O)C2CC2C(=O)NCCN(C)C)cc1. The van der Waals surface area contributed by atoms with Gasteiger partial charge in [0.1, 0.15) is 0 Å². The largest absolute Gasteiger partial charge is 0.372 e. The molecule has 0 radical (unpaired) electrons. The van der Waals surface area contributed by atoms with E-state index in [-0.39, 0.29) is 23.7 Å². The van der Waals surface area contributed by atoms with Crippen molar-refractivity contribution in [3.05, 3.63) is 24.3 Å². The Bertz CT molecular complexity index is 582. The van der Waals surface area contributed by atoms with Crippen LogP contribution >= 0.6 is 0 Å². The summed E-state index contributed by atoms with van der Waals surface area (Å²) < 4.78 is 0. The molecule has 2 atom stereocenters. The molecular weight excluding hydrogens is 316 g/mol. The van der Waals surface area contributed by atoms with Crippen molar-refractivity contribution >= 4 is 23.2 Å². The number of benzene rings is 1. The van der Waals surface area contributed by atoms with Crippen LogP contribution in [0.5, 0.6) is 0 Å². The number of amides is 2. The molecule has 2 N–H and O–H groups in total. The van der Waals surface area contributed by atoms with Crippen LogP contribution in [0.15, 0.2) is 24.3 Å². The summed E-state index contributed by atoms with van der Waals surface area (Å²) in [7, 11) is 3.93. The van der Waals surface area contributed by atoms with Gasteiger partial charge in [0.15, 0.2) is 0 Å². The summed E-state index contributed by atoms with van der Waals surface area (Å²) >= 11 is 0. The van der Waals surface area contributed by atoms with E-state index in [0.717, 1.165) is 31.0 Å².